The molecule has 0 saturated heterocycles. The molecule has 11 heavy (non-hydrogen) atoms. The van der Waals surface area contributed by atoms with Crippen LogP contribution in [0.15, 0.2) is 22.8 Å². The molecule has 0 aromatic carbocycles. The van der Waals surface area contributed by atoms with E-state index in [9.17, 15) is 0 Å². The van der Waals surface area contributed by atoms with Crippen LogP contribution in [0.2, 0.25) is 0 Å². The van der Waals surface area contributed by atoms with Crippen LogP contribution in [0.3, 0.4) is 0 Å². The SMILES string of the molecule is CN(C)CC(Cl)c1ccco1. The van der Waals surface area contributed by atoms with Gasteiger partial charge in [-0.1, -0.05) is 0 Å². The Bertz CT molecular complexity index is 196. The molecular weight excluding hydrogens is 162 g/mol. The van der Waals surface area contributed by atoms with Gasteiger partial charge in [-0.3, -0.25) is 0 Å². The zero-order chi connectivity index (χ0) is 8.27. The fraction of sp³-hybridized carbons (Fsp3) is 0.500. The summed E-state index contributed by atoms with van der Waals surface area (Å²) in [5.74, 6) is 0.834. The highest BCUT2D eigenvalue weighted by Gasteiger charge is 2.10. The molecule has 2 nitrogen and oxygen atoms in total. The maximum Gasteiger partial charge on any atom is 0.122 e. The number of hydrogen-bond donors (Lipinski definition) is 0. The summed E-state index contributed by atoms with van der Waals surface area (Å²) in [6, 6.07) is 3.74. The van der Waals surface area contributed by atoms with Crippen LogP contribution in [0.1, 0.15) is 11.1 Å². The molecule has 0 radical (unpaired) electrons. The molecule has 1 rings (SSSR count). The van der Waals surface area contributed by atoms with Gasteiger partial charge in [0, 0.05) is 6.54 Å². The Morgan fingerprint density at radius 1 is 1.64 bits per heavy atom. The van der Waals surface area contributed by atoms with E-state index in [0.717, 1.165) is 12.3 Å². The molecule has 0 spiro atoms. The number of likely N-dealkylation sites (N-methyl/N-ethyl adjacent to an activating group) is 1. The maximum atomic E-state index is 6.01. The van der Waals surface area contributed by atoms with Crippen LogP contribution in [0.4, 0.5) is 0 Å². The Hall–Kier alpha value is -0.470. The second-order valence-electron chi connectivity index (χ2n) is 2.75. The van der Waals surface area contributed by atoms with Crippen LogP contribution in [-0.4, -0.2) is 25.5 Å². The van der Waals surface area contributed by atoms with E-state index in [1.165, 1.54) is 0 Å². The van der Waals surface area contributed by atoms with Crippen molar-refractivity contribution < 1.29 is 4.42 Å². The highest BCUT2D eigenvalue weighted by Crippen LogP contribution is 2.20. The van der Waals surface area contributed by atoms with Crippen molar-refractivity contribution in [2.45, 2.75) is 5.38 Å². The van der Waals surface area contributed by atoms with E-state index in [1.54, 1.807) is 6.26 Å². The number of furan rings is 1. The van der Waals surface area contributed by atoms with Gasteiger partial charge in [0.05, 0.1) is 6.26 Å². The molecule has 1 atom stereocenters. The molecule has 0 N–H and O–H groups in total. The summed E-state index contributed by atoms with van der Waals surface area (Å²) in [4.78, 5) is 2.03. The molecule has 1 aromatic heterocycles. The summed E-state index contributed by atoms with van der Waals surface area (Å²) in [5, 5.41) is -0.0417. The summed E-state index contributed by atoms with van der Waals surface area (Å²) in [6.07, 6.45) is 1.64. The van der Waals surface area contributed by atoms with Gasteiger partial charge in [-0.2, -0.15) is 0 Å². The van der Waals surface area contributed by atoms with Crippen molar-refractivity contribution in [2.75, 3.05) is 20.6 Å². The Kier molecular flexibility index (Phi) is 2.97. The lowest BCUT2D eigenvalue weighted by Gasteiger charge is -2.12. The van der Waals surface area contributed by atoms with Gasteiger partial charge in [-0.05, 0) is 26.2 Å². The third-order valence-electron chi connectivity index (χ3n) is 1.38. The zero-order valence-electron chi connectivity index (χ0n) is 6.75. The normalized spacial score (nSPS) is 13.8. The predicted molar refractivity (Wildman–Crippen MR) is 45.9 cm³/mol. The standard InChI is InChI=1S/C8H12ClNO/c1-10(2)6-7(9)8-4-3-5-11-8/h3-5,7H,6H2,1-2H3. The lowest BCUT2D eigenvalue weighted by atomic mass is 10.3. The van der Waals surface area contributed by atoms with E-state index in [1.807, 2.05) is 31.1 Å². The van der Waals surface area contributed by atoms with Gasteiger partial charge >= 0.3 is 0 Å². The summed E-state index contributed by atoms with van der Waals surface area (Å²) < 4.78 is 5.14. The van der Waals surface area contributed by atoms with Gasteiger partial charge in [0.25, 0.3) is 0 Å². The smallest absolute Gasteiger partial charge is 0.122 e. The van der Waals surface area contributed by atoms with E-state index < -0.39 is 0 Å². The van der Waals surface area contributed by atoms with Crippen molar-refractivity contribution in [1.82, 2.24) is 4.90 Å². The van der Waals surface area contributed by atoms with E-state index in [-0.39, 0.29) is 5.38 Å². The van der Waals surface area contributed by atoms with Crippen molar-refractivity contribution in [1.29, 1.82) is 0 Å². The predicted octanol–water partition coefficient (Wildman–Crippen LogP) is 2.12. The van der Waals surface area contributed by atoms with Gasteiger partial charge in [0.1, 0.15) is 11.1 Å². The van der Waals surface area contributed by atoms with Crippen LogP contribution in [0.5, 0.6) is 0 Å². The van der Waals surface area contributed by atoms with E-state index in [4.69, 9.17) is 16.0 Å². The molecule has 1 unspecified atom stereocenters. The van der Waals surface area contributed by atoms with Gasteiger partial charge in [0.15, 0.2) is 0 Å². The Labute approximate surface area is 71.7 Å². The molecule has 0 saturated carbocycles. The molecular formula is C8H12ClNO. The minimum absolute atomic E-state index is 0.0417. The highest BCUT2D eigenvalue weighted by atomic mass is 35.5. The Morgan fingerprint density at radius 2 is 2.36 bits per heavy atom. The number of rotatable bonds is 3. The van der Waals surface area contributed by atoms with E-state index in [0.29, 0.717) is 0 Å². The van der Waals surface area contributed by atoms with E-state index >= 15 is 0 Å². The second kappa shape index (κ2) is 3.79. The van der Waals surface area contributed by atoms with Crippen molar-refractivity contribution in [3.05, 3.63) is 24.2 Å². The largest absolute Gasteiger partial charge is 0.468 e. The number of nitrogens with zero attached hydrogens (tertiary/aromatic N) is 1. The molecule has 1 heterocycles. The van der Waals surface area contributed by atoms with Gasteiger partial charge in [0.2, 0.25) is 0 Å². The molecule has 0 amide bonds. The molecule has 0 fully saturated rings. The molecule has 0 bridgehead atoms. The van der Waals surface area contributed by atoms with Crippen LogP contribution in [0.25, 0.3) is 0 Å². The first kappa shape index (κ1) is 8.62. The first-order valence-corrected chi connectivity index (χ1v) is 3.96. The van der Waals surface area contributed by atoms with E-state index in [2.05, 4.69) is 0 Å². The first-order valence-electron chi connectivity index (χ1n) is 3.52. The van der Waals surface area contributed by atoms with Crippen LogP contribution < -0.4 is 0 Å². The summed E-state index contributed by atoms with van der Waals surface area (Å²) in [7, 11) is 3.97. The average Bonchev–Trinajstić information content (AvgIpc) is 2.35. The Balaban J connectivity index is 2.49. The van der Waals surface area contributed by atoms with Crippen LogP contribution in [0, 0.1) is 0 Å². The van der Waals surface area contributed by atoms with Crippen molar-refractivity contribution >= 4 is 11.6 Å². The molecule has 0 aliphatic heterocycles. The third kappa shape index (κ3) is 2.56. The number of hydrogen-bond acceptors (Lipinski definition) is 2. The maximum absolute atomic E-state index is 6.01. The van der Waals surface area contributed by atoms with Gasteiger partial charge in [-0.25, -0.2) is 0 Å². The minimum Gasteiger partial charge on any atom is -0.468 e. The zero-order valence-corrected chi connectivity index (χ0v) is 7.51. The Morgan fingerprint density at radius 3 is 2.82 bits per heavy atom. The van der Waals surface area contributed by atoms with Crippen LogP contribution in [-0.2, 0) is 0 Å². The quantitative estimate of drug-likeness (QED) is 0.652. The highest BCUT2D eigenvalue weighted by molar-refractivity contribution is 6.20. The summed E-state index contributed by atoms with van der Waals surface area (Å²) in [5.41, 5.74) is 0. The van der Waals surface area contributed by atoms with Gasteiger partial charge < -0.3 is 9.32 Å². The molecule has 0 aliphatic carbocycles. The van der Waals surface area contributed by atoms with Crippen molar-refractivity contribution in [3.8, 4) is 0 Å². The van der Waals surface area contributed by atoms with Crippen LogP contribution >= 0.6 is 11.6 Å². The lowest BCUT2D eigenvalue weighted by Crippen LogP contribution is -2.16. The first-order chi connectivity index (χ1) is 5.20. The molecule has 0 aliphatic rings. The van der Waals surface area contributed by atoms with Crippen molar-refractivity contribution in [3.63, 3.8) is 0 Å². The minimum atomic E-state index is -0.0417. The topological polar surface area (TPSA) is 16.4 Å². The molecule has 1 aromatic rings. The third-order valence-corrected chi connectivity index (χ3v) is 1.73. The average molecular weight is 174 g/mol. The molecule has 3 heteroatoms. The molecule has 62 valence electrons. The number of alkyl halides is 1. The second-order valence-corrected chi connectivity index (χ2v) is 3.27. The fourth-order valence-corrected chi connectivity index (χ4v) is 1.28. The fourth-order valence-electron chi connectivity index (χ4n) is 0.880. The number of halogens is 1. The van der Waals surface area contributed by atoms with Gasteiger partial charge in [-0.15, -0.1) is 11.6 Å². The lowest BCUT2D eigenvalue weighted by molar-refractivity contribution is 0.382. The summed E-state index contributed by atoms with van der Waals surface area (Å²) in [6.45, 7) is 0.801. The summed E-state index contributed by atoms with van der Waals surface area (Å²) >= 11 is 6.01. The van der Waals surface area contributed by atoms with Crippen molar-refractivity contribution in [2.24, 2.45) is 0 Å². The monoisotopic (exact) mass is 173 g/mol.